The summed E-state index contributed by atoms with van der Waals surface area (Å²) in [6.45, 7) is 9.22. The van der Waals surface area contributed by atoms with Gasteiger partial charge >= 0.3 is 17.6 Å². The first-order chi connectivity index (χ1) is 20.4. The van der Waals surface area contributed by atoms with Crippen LogP contribution in [0.3, 0.4) is 0 Å². The molecule has 0 unspecified atom stereocenters. The second kappa shape index (κ2) is 10.0. The quantitative estimate of drug-likeness (QED) is 0.402. The molecule has 1 aromatic heterocycles. The molecular formula is C33H47N3O7. The van der Waals surface area contributed by atoms with Crippen LogP contribution in [0.2, 0.25) is 0 Å². The highest BCUT2D eigenvalue weighted by molar-refractivity contribution is 5.74. The Hall–Kier alpha value is -2.43. The van der Waals surface area contributed by atoms with Gasteiger partial charge in [-0.05, 0) is 86.8 Å². The summed E-state index contributed by atoms with van der Waals surface area (Å²) in [5.74, 6) is 0.00287. The summed E-state index contributed by atoms with van der Waals surface area (Å²) in [6.07, 6.45) is 7.43. The molecule has 236 valence electrons. The first kappa shape index (κ1) is 29.3. The number of fused-ring (bicyclic) bond motifs is 3. The predicted octanol–water partition coefficient (Wildman–Crippen LogP) is 3.27. The highest BCUT2D eigenvalue weighted by Gasteiger charge is 2.85. The zero-order valence-electron chi connectivity index (χ0n) is 26.0. The fraction of sp³-hybridized carbons (Fsp3) is 0.788. The highest BCUT2D eigenvalue weighted by atomic mass is 16.7. The average Bonchev–Trinajstić information content (AvgIpc) is 3.73. The molecule has 2 N–H and O–H groups in total. The number of carbonyl (C=O) groups is 2. The standard InChI is InChI=1S/C33H47N3O7/c1-20(37)42-27-26(21-6-7-25(38)41-19-21)31(3)12-9-23-24(33(31)28(27)43-33)10-13-32(40)18-22(8-11-30(23,32)2)35(4)29(39)36-16-5-14-34-15-17-36/h6-7,19,22-24,26-28,34,40H,5,8-18H2,1-4H3/t22-,23-,24+,26-,27+,28+,30+,31+,32-,33+/m0/s1. The molecule has 10 heteroatoms. The second-order valence-electron chi connectivity index (χ2n) is 14.8. The first-order valence-corrected chi connectivity index (χ1v) is 16.3. The summed E-state index contributed by atoms with van der Waals surface area (Å²) in [7, 11) is 1.91. The second-order valence-corrected chi connectivity index (χ2v) is 14.8. The van der Waals surface area contributed by atoms with E-state index >= 15 is 0 Å². The molecule has 0 bridgehead atoms. The van der Waals surface area contributed by atoms with Crippen molar-refractivity contribution in [2.75, 3.05) is 33.2 Å². The smallest absolute Gasteiger partial charge is 0.335 e. The molecular weight excluding hydrogens is 550 g/mol. The number of ether oxygens (including phenoxy) is 2. The van der Waals surface area contributed by atoms with Crippen LogP contribution >= 0.6 is 0 Å². The minimum absolute atomic E-state index is 0.00669. The maximum atomic E-state index is 13.5. The normalized spacial score (nSPS) is 45.1. The minimum Gasteiger partial charge on any atom is -0.459 e. The lowest BCUT2D eigenvalue weighted by Crippen LogP contribution is -2.66. The van der Waals surface area contributed by atoms with Crippen molar-refractivity contribution in [3.05, 3.63) is 34.4 Å². The number of esters is 1. The van der Waals surface area contributed by atoms with Gasteiger partial charge in [0, 0.05) is 57.0 Å². The molecule has 4 aliphatic carbocycles. The molecule has 7 rings (SSSR count). The van der Waals surface area contributed by atoms with Crippen LogP contribution in [0.4, 0.5) is 4.79 Å². The highest BCUT2D eigenvalue weighted by Crippen LogP contribution is 2.78. The molecule has 0 radical (unpaired) electrons. The van der Waals surface area contributed by atoms with Gasteiger partial charge in [0.1, 0.15) is 17.8 Å². The lowest BCUT2D eigenvalue weighted by atomic mass is 9.42. The van der Waals surface area contributed by atoms with Crippen molar-refractivity contribution in [3.8, 4) is 0 Å². The van der Waals surface area contributed by atoms with Gasteiger partial charge in [0.25, 0.3) is 0 Å². The summed E-state index contributed by atoms with van der Waals surface area (Å²) >= 11 is 0. The largest absolute Gasteiger partial charge is 0.459 e. The Morgan fingerprint density at radius 1 is 1.07 bits per heavy atom. The number of hydrogen-bond acceptors (Lipinski definition) is 8. The monoisotopic (exact) mass is 597 g/mol. The third-order valence-electron chi connectivity index (χ3n) is 13.1. The number of amides is 2. The van der Waals surface area contributed by atoms with Gasteiger partial charge in [-0.2, -0.15) is 0 Å². The van der Waals surface area contributed by atoms with Crippen molar-refractivity contribution in [1.82, 2.24) is 15.1 Å². The van der Waals surface area contributed by atoms with Crippen molar-refractivity contribution in [2.45, 2.75) is 108 Å². The Kier molecular flexibility index (Phi) is 6.84. The van der Waals surface area contributed by atoms with Crippen LogP contribution in [0.15, 0.2) is 27.6 Å². The number of hydrogen-bond donors (Lipinski definition) is 2. The molecule has 6 aliphatic rings. The molecule has 1 aromatic rings. The van der Waals surface area contributed by atoms with Crippen molar-refractivity contribution >= 4 is 12.0 Å². The zero-order chi connectivity index (χ0) is 30.4. The van der Waals surface area contributed by atoms with Crippen LogP contribution in [0.5, 0.6) is 0 Å². The summed E-state index contributed by atoms with van der Waals surface area (Å²) < 4.78 is 18.0. The number of nitrogens with zero attached hydrogens (tertiary/aromatic N) is 2. The van der Waals surface area contributed by atoms with Gasteiger partial charge in [0.15, 0.2) is 0 Å². The number of nitrogens with one attached hydrogen (secondary N) is 1. The van der Waals surface area contributed by atoms with Crippen LogP contribution in [0.25, 0.3) is 0 Å². The molecule has 2 saturated heterocycles. The van der Waals surface area contributed by atoms with Gasteiger partial charge in [-0.1, -0.05) is 13.8 Å². The fourth-order valence-electron chi connectivity index (χ4n) is 10.8. The van der Waals surface area contributed by atoms with Gasteiger partial charge in [0.2, 0.25) is 0 Å². The van der Waals surface area contributed by atoms with E-state index in [4.69, 9.17) is 13.9 Å². The number of aliphatic hydroxyl groups is 1. The van der Waals surface area contributed by atoms with Gasteiger partial charge < -0.3 is 34.1 Å². The molecule has 1 spiro atoms. The molecule has 3 heterocycles. The Balaban J connectivity index is 1.15. The number of epoxide rings is 1. The lowest BCUT2D eigenvalue weighted by molar-refractivity contribution is -0.218. The van der Waals surface area contributed by atoms with Gasteiger partial charge in [0.05, 0.1) is 11.9 Å². The van der Waals surface area contributed by atoms with Crippen LogP contribution in [0, 0.1) is 22.7 Å². The minimum atomic E-state index is -0.864. The molecule has 6 fully saturated rings. The fourth-order valence-corrected chi connectivity index (χ4v) is 10.8. The Morgan fingerprint density at radius 2 is 1.84 bits per heavy atom. The van der Waals surface area contributed by atoms with Crippen molar-refractivity contribution in [3.63, 3.8) is 0 Å². The van der Waals surface area contributed by atoms with Crippen LogP contribution in [-0.4, -0.2) is 89.6 Å². The third kappa shape index (κ3) is 4.11. The van der Waals surface area contributed by atoms with Crippen molar-refractivity contribution < 1.29 is 28.6 Å². The Morgan fingerprint density at radius 3 is 2.58 bits per heavy atom. The molecule has 2 aliphatic heterocycles. The van der Waals surface area contributed by atoms with E-state index in [0.717, 1.165) is 63.7 Å². The summed E-state index contributed by atoms with van der Waals surface area (Å²) in [5, 5.41) is 15.8. The van der Waals surface area contributed by atoms with E-state index in [0.29, 0.717) is 19.4 Å². The molecule has 4 saturated carbocycles. The maximum absolute atomic E-state index is 13.5. The predicted molar refractivity (Wildman–Crippen MR) is 157 cm³/mol. The lowest BCUT2D eigenvalue weighted by Gasteiger charge is -2.64. The third-order valence-corrected chi connectivity index (χ3v) is 13.1. The molecule has 0 aromatic carbocycles. The number of carbonyl (C=O) groups excluding carboxylic acids is 2. The van der Waals surface area contributed by atoms with Crippen LogP contribution in [0.1, 0.15) is 83.6 Å². The first-order valence-electron chi connectivity index (χ1n) is 16.3. The summed E-state index contributed by atoms with van der Waals surface area (Å²) in [6, 6.07) is 3.33. The van der Waals surface area contributed by atoms with E-state index < -0.39 is 22.9 Å². The van der Waals surface area contributed by atoms with Crippen molar-refractivity contribution in [2.24, 2.45) is 22.7 Å². The SMILES string of the molecule is CC(=O)O[C@H]1[C@H]2O[C@]23[C@@H]2CC[C@]4(O)C[C@@H](N(C)C(=O)N5CCCNCC5)CC[C@]4(C)[C@H]2CC[C@]3(C)[C@H]1c1ccc(=O)oc1. The van der Waals surface area contributed by atoms with E-state index in [1.54, 1.807) is 0 Å². The van der Waals surface area contributed by atoms with Crippen molar-refractivity contribution in [1.29, 1.82) is 0 Å². The van der Waals surface area contributed by atoms with Gasteiger partial charge in [-0.3, -0.25) is 4.79 Å². The van der Waals surface area contributed by atoms with E-state index in [1.165, 1.54) is 19.3 Å². The molecule has 43 heavy (non-hydrogen) atoms. The van der Waals surface area contributed by atoms with E-state index in [1.807, 2.05) is 22.9 Å². The molecule has 10 nitrogen and oxygen atoms in total. The van der Waals surface area contributed by atoms with E-state index in [9.17, 15) is 19.5 Å². The summed E-state index contributed by atoms with van der Waals surface area (Å²) in [4.78, 5) is 41.4. The Bertz CT molecular complexity index is 1320. The average molecular weight is 598 g/mol. The van der Waals surface area contributed by atoms with E-state index in [2.05, 4.69) is 19.2 Å². The van der Waals surface area contributed by atoms with E-state index in [-0.39, 0.29) is 52.7 Å². The van der Waals surface area contributed by atoms with Crippen LogP contribution in [-0.2, 0) is 14.3 Å². The topological polar surface area (TPSA) is 125 Å². The van der Waals surface area contributed by atoms with Gasteiger partial charge in [-0.15, -0.1) is 0 Å². The maximum Gasteiger partial charge on any atom is 0.335 e. The number of urea groups is 1. The van der Waals surface area contributed by atoms with Gasteiger partial charge in [-0.25, -0.2) is 9.59 Å². The zero-order valence-corrected chi connectivity index (χ0v) is 26.0. The Labute approximate surface area is 253 Å². The summed E-state index contributed by atoms with van der Waals surface area (Å²) in [5.41, 5.74) is -1.46. The molecule has 2 amide bonds. The molecule has 10 atom stereocenters. The number of rotatable bonds is 3. The van der Waals surface area contributed by atoms with Crippen LogP contribution < -0.4 is 10.9 Å².